The van der Waals surface area contributed by atoms with E-state index < -0.39 is 11.9 Å². The summed E-state index contributed by atoms with van der Waals surface area (Å²) in [5.74, 6) is 0.569. The highest BCUT2D eigenvalue weighted by molar-refractivity contribution is 7.22. The predicted molar refractivity (Wildman–Crippen MR) is 145 cm³/mol. The van der Waals surface area contributed by atoms with Gasteiger partial charge in [-0.15, -0.1) is 0 Å². The number of thiazole rings is 1. The van der Waals surface area contributed by atoms with E-state index in [1.54, 1.807) is 37.4 Å². The van der Waals surface area contributed by atoms with Gasteiger partial charge in [0.1, 0.15) is 5.58 Å². The van der Waals surface area contributed by atoms with Gasteiger partial charge in [0.25, 0.3) is 5.91 Å². The number of rotatable bonds is 4. The van der Waals surface area contributed by atoms with Gasteiger partial charge in [-0.1, -0.05) is 35.1 Å². The van der Waals surface area contributed by atoms with E-state index in [1.165, 1.54) is 23.3 Å². The van der Waals surface area contributed by atoms with Crippen molar-refractivity contribution in [3.63, 3.8) is 0 Å². The Hall–Kier alpha value is -3.88. The van der Waals surface area contributed by atoms with Crippen LogP contribution in [0.1, 0.15) is 38.9 Å². The molecule has 5 aromatic rings. The molecule has 1 amide bonds. The van der Waals surface area contributed by atoms with Gasteiger partial charge < -0.3 is 13.9 Å². The van der Waals surface area contributed by atoms with E-state index in [0.717, 1.165) is 21.3 Å². The smallest absolute Gasteiger partial charge is 0.297 e. The lowest BCUT2D eigenvalue weighted by atomic mass is 9.98. The first-order valence-corrected chi connectivity index (χ1v) is 12.7. The van der Waals surface area contributed by atoms with Crippen molar-refractivity contribution in [1.82, 2.24) is 4.98 Å². The Bertz CT molecular complexity index is 1810. The van der Waals surface area contributed by atoms with Crippen molar-refractivity contribution < 1.29 is 18.7 Å². The van der Waals surface area contributed by atoms with Crippen LogP contribution in [0, 0.1) is 13.8 Å². The highest BCUT2D eigenvalue weighted by atomic mass is 35.5. The Morgan fingerprint density at radius 2 is 1.78 bits per heavy atom. The summed E-state index contributed by atoms with van der Waals surface area (Å²) in [6, 6.07) is 13.4. The highest BCUT2D eigenvalue weighted by Crippen LogP contribution is 2.45. The van der Waals surface area contributed by atoms with Crippen LogP contribution in [0.5, 0.6) is 11.5 Å². The highest BCUT2D eigenvalue weighted by Gasteiger charge is 2.45. The monoisotopic (exact) mass is 532 g/mol. The normalized spacial score (nSPS) is 15.0. The summed E-state index contributed by atoms with van der Waals surface area (Å²) in [6.07, 6.45) is 0. The fraction of sp³-hybridized carbons (Fsp3) is 0.179. The molecule has 0 unspecified atom stereocenters. The lowest BCUT2D eigenvalue weighted by Crippen LogP contribution is -2.29. The molecular formula is C28H21ClN2O5S. The molecule has 186 valence electrons. The van der Waals surface area contributed by atoms with Crippen LogP contribution in [0.2, 0.25) is 5.02 Å². The lowest BCUT2D eigenvalue weighted by molar-refractivity contribution is 0.0971. The minimum absolute atomic E-state index is 0.00762. The first-order valence-electron chi connectivity index (χ1n) is 11.5. The van der Waals surface area contributed by atoms with Crippen molar-refractivity contribution in [3.05, 3.63) is 91.8 Å². The maximum absolute atomic E-state index is 13.9. The molecule has 7 nitrogen and oxygen atoms in total. The SMILES string of the molecule is COc1ccc([C@@H]2c3c(oc4ccc(Cl)cc4c3=O)C(=O)N2c2nc3c(C)cc(C)cc3s2)cc1OC. The average molecular weight is 533 g/mol. The molecule has 0 spiro atoms. The van der Waals surface area contributed by atoms with Crippen LogP contribution in [-0.4, -0.2) is 25.1 Å². The molecule has 0 aliphatic carbocycles. The fourth-order valence-electron chi connectivity index (χ4n) is 4.94. The summed E-state index contributed by atoms with van der Waals surface area (Å²) in [6.45, 7) is 4.02. The van der Waals surface area contributed by atoms with Crippen molar-refractivity contribution in [3.8, 4) is 11.5 Å². The van der Waals surface area contributed by atoms with E-state index in [2.05, 4.69) is 6.07 Å². The second-order valence-electron chi connectivity index (χ2n) is 8.93. The Morgan fingerprint density at radius 3 is 2.54 bits per heavy atom. The van der Waals surface area contributed by atoms with Gasteiger partial charge in [-0.2, -0.15) is 0 Å². The topological polar surface area (TPSA) is 81.9 Å². The van der Waals surface area contributed by atoms with Crippen LogP contribution in [0.4, 0.5) is 5.13 Å². The quantitative estimate of drug-likeness (QED) is 0.265. The number of nitrogens with zero attached hydrogens (tertiary/aromatic N) is 2. The number of benzene rings is 3. The molecular weight excluding hydrogens is 512 g/mol. The second-order valence-corrected chi connectivity index (χ2v) is 10.4. The second kappa shape index (κ2) is 8.61. The number of amides is 1. The summed E-state index contributed by atoms with van der Waals surface area (Å²) in [5, 5.41) is 1.18. The molecule has 1 atom stereocenters. The summed E-state index contributed by atoms with van der Waals surface area (Å²) < 4.78 is 17.9. The number of aromatic nitrogens is 1. The Balaban J connectivity index is 1.65. The molecule has 3 heterocycles. The molecule has 1 aliphatic heterocycles. The zero-order valence-corrected chi connectivity index (χ0v) is 22.0. The summed E-state index contributed by atoms with van der Waals surface area (Å²) >= 11 is 7.60. The van der Waals surface area contributed by atoms with Gasteiger partial charge in [0.2, 0.25) is 5.76 Å². The van der Waals surface area contributed by atoms with Crippen LogP contribution in [0.15, 0.2) is 57.7 Å². The molecule has 37 heavy (non-hydrogen) atoms. The number of methoxy groups -OCH3 is 2. The van der Waals surface area contributed by atoms with E-state index >= 15 is 0 Å². The number of hydrogen-bond acceptors (Lipinski definition) is 7. The van der Waals surface area contributed by atoms with Crippen LogP contribution in [0.25, 0.3) is 21.2 Å². The first kappa shape index (κ1) is 23.5. The molecule has 2 aromatic heterocycles. The minimum atomic E-state index is -0.788. The number of fused-ring (bicyclic) bond motifs is 3. The molecule has 0 radical (unpaired) electrons. The summed E-state index contributed by atoms with van der Waals surface area (Å²) in [7, 11) is 3.09. The van der Waals surface area contributed by atoms with Crippen molar-refractivity contribution in [2.75, 3.05) is 19.1 Å². The van der Waals surface area contributed by atoms with Crippen LogP contribution in [-0.2, 0) is 0 Å². The Kier molecular flexibility index (Phi) is 5.47. The van der Waals surface area contributed by atoms with Crippen molar-refractivity contribution in [2.24, 2.45) is 0 Å². The first-order chi connectivity index (χ1) is 17.8. The number of anilines is 1. The van der Waals surface area contributed by atoms with Gasteiger partial charge in [0, 0.05) is 5.02 Å². The molecule has 1 aliphatic rings. The number of halogens is 1. The average Bonchev–Trinajstić information content (AvgIpc) is 3.43. The van der Waals surface area contributed by atoms with Gasteiger partial charge in [-0.05, 0) is 66.9 Å². The minimum Gasteiger partial charge on any atom is -0.493 e. The molecule has 0 bridgehead atoms. The summed E-state index contributed by atoms with van der Waals surface area (Å²) in [5.41, 5.74) is 3.81. The standard InChI is InChI=1S/C28H21ClN2O5S/c1-13-9-14(2)23-21(10-13)37-28(30-23)31-24(15-5-7-19(34-3)20(11-15)35-4)22-25(32)17-12-16(29)6-8-18(17)36-26(22)27(31)33/h5-12,24H,1-4H3/t24-/m1/s1. The van der Waals surface area contributed by atoms with E-state index in [1.807, 2.05) is 26.0 Å². The Morgan fingerprint density at radius 1 is 1.00 bits per heavy atom. The van der Waals surface area contributed by atoms with Gasteiger partial charge in [0.05, 0.1) is 41.4 Å². The van der Waals surface area contributed by atoms with Crippen molar-refractivity contribution in [2.45, 2.75) is 19.9 Å². The van der Waals surface area contributed by atoms with E-state index in [0.29, 0.717) is 38.2 Å². The van der Waals surface area contributed by atoms with Crippen molar-refractivity contribution >= 4 is 55.2 Å². The fourth-order valence-corrected chi connectivity index (χ4v) is 6.28. The number of ether oxygens (including phenoxy) is 2. The molecule has 9 heteroatoms. The number of hydrogen-bond donors (Lipinski definition) is 0. The van der Waals surface area contributed by atoms with E-state index in [4.69, 9.17) is 30.5 Å². The third kappa shape index (κ3) is 3.59. The Labute approximate surface area is 220 Å². The van der Waals surface area contributed by atoms with Crippen LogP contribution >= 0.6 is 22.9 Å². The number of carbonyl (C=O) groups is 1. The third-order valence-corrected chi connectivity index (χ3v) is 7.82. The van der Waals surface area contributed by atoms with Gasteiger partial charge in [0.15, 0.2) is 22.1 Å². The number of aryl methyl sites for hydroxylation is 2. The predicted octanol–water partition coefficient (Wildman–Crippen LogP) is 6.44. The molecule has 0 saturated carbocycles. The molecule has 0 saturated heterocycles. The zero-order chi connectivity index (χ0) is 26.0. The number of carbonyl (C=O) groups excluding carboxylic acids is 1. The van der Waals surface area contributed by atoms with Gasteiger partial charge >= 0.3 is 0 Å². The maximum atomic E-state index is 13.9. The van der Waals surface area contributed by atoms with Crippen LogP contribution in [0.3, 0.4) is 0 Å². The third-order valence-electron chi connectivity index (χ3n) is 6.58. The molecule has 3 aromatic carbocycles. The zero-order valence-electron chi connectivity index (χ0n) is 20.4. The van der Waals surface area contributed by atoms with Crippen molar-refractivity contribution in [1.29, 1.82) is 0 Å². The van der Waals surface area contributed by atoms with Crippen LogP contribution < -0.4 is 19.8 Å². The van der Waals surface area contributed by atoms with Gasteiger partial charge in [-0.25, -0.2) is 4.98 Å². The largest absolute Gasteiger partial charge is 0.493 e. The molecule has 0 fully saturated rings. The lowest BCUT2D eigenvalue weighted by Gasteiger charge is -2.23. The summed E-state index contributed by atoms with van der Waals surface area (Å²) in [4.78, 5) is 34.2. The maximum Gasteiger partial charge on any atom is 0.297 e. The van der Waals surface area contributed by atoms with E-state index in [-0.39, 0.29) is 16.8 Å². The molecule has 0 N–H and O–H groups in total. The molecule has 6 rings (SSSR count). The van der Waals surface area contributed by atoms with E-state index in [9.17, 15) is 9.59 Å². The van der Waals surface area contributed by atoms with Gasteiger partial charge in [-0.3, -0.25) is 14.5 Å².